The molecule has 1 amide bonds. The van der Waals surface area contributed by atoms with Crippen LogP contribution in [-0.2, 0) is 16.1 Å². The van der Waals surface area contributed by atoms with Crippen molar-refractivity contribution in [1.29, 1.82) is 0 Å². The molecular formula is C17H22ClN3O2S. The molecule has 1 aromatic carbocycles. The number of benzene rings is 1. The van der Waals surface area contributed by atoms with E-state index in [1.54, 1.807) is 25.3 Å². The summed E-state index contributed by atoms with van der Waals surface area (Å²) in [6, 6.07) is 7.12. The molecular weight excluding hydrogens is 346 g/mol. The van der Waals surface area contributed by atoms with Crippen molar-refractivity contribution >= 4 is 35.0 Å². The minimum atomic E-state index is -0.286. The number of imidazole rings is 1. The van der Waals surface area contributed by atoms with Crippen molar-refractivity contribution in [2.45, 2.75) is 37.7 Å². The summed E-state index contributed by atoms with van der Waals surface area (Å²) in [4.78, 5) is 17.0. The maximum Gasteiger partial charge on any atom is 0.237 e. The van der Waals surface area contributed by atoms with E-state index in [4.69, 9.17) is 16.3 Å². The molecule has 2 rings (SSSR count). The maximum absolute atomic E-state index is 12.4. The molecule has 1 N–H and O–H groups in total. The van der Waals surface area contributed by atoms with E-state index in [0.29, 0.717) is 23.9 Å². The second-order valence-electron chi connectivity index (χ2n) is 5.47. The summed E-state index contributed by atoms with van der Waals surface area (Å²) >= 11 is 7.38. The van der Waals surface area contributed by atoms with Gasteiger partial charge < -0.3 is 14.6 Å². The minimum Gasteiger partial charge on any atom is -0.383 e. The van der Waals surface area contributed by atoms with Crippen LogP contribution < -0.4 is 5.32 Å². The number of nitrogens with zero attached hydrogens (tertiary/aromatic N) is 2. The monoisotopic (exact) mass is 367 g/mol. The lowest BCUT2D eigenvalue weighted by Gasteiger charge is -2.14. The zero-order valence-corrected chi connectivity index (χ0v) is 15.9. The second-order valence-corrected chi connectivity index (χ2v) is 7.21. The first-order valence-corrected chi connectivity index (χ1v) is 8.94. The van der Waals surface area contributed by atoms with Gasteiger partial charge in [-0.3, -0.25) is 4.79 Å². The maximum atomic E-state index is 12.4. The highest BCUT2D eigenvalue weighted by molar-refractivity contribution is 8.00. The number of thioether (sulfide) groups is 1. The number of anilines is 1. The number of amides is 1. The van der Waals surface area contributed by atoms with Gasteiger partial charge in [0.15, 0.2) is 5.16 Å². The molecule has 1 unspecified atom stereocenters. The SMILES string of the molecule is COCCn1c(SC(C)C(=O)Nc2cccc(Cl)c2)nc(C)c1C. The van der Waals surface area contributed by atoms with E-state index >= 15 is 0 Å². The summed E-state index contributed by atoms with van der Waals surface area (Å²) < 4.78 is 7.25. The van der Waals surface area contributed by atoms with Crippen LogP contribution in [0.1, 0.15) is 18.3 Å². The number of hydrogen-bond acceptors (Lipinski definition) is 4. The topological polar surface area (TPSA) is 56.1 Å². The molecule has 7 heteroatoms. The van der Waals surface area contributed by atoms with Crippen molar-refractivity contribution < 1.29 is 9.53 Å². The predicted molar refractivity (Wildman–Crippen MR) is 99.0 cm³/mol. The van der Waals surface area contributed by atoms with Crippen LogP contribution in [0.2, 0.25) is 5.02 Å². The van der Waals surface area contributed by atoms with Crippen LogP contribution in [0.5, 0.6) is 0 Å². The summed E-state index contributed by atoms with van der Waals surface area (Å²) in [5.41, 5.74) is 2.75. The Kier molecular flexibility index (Phi) is 6.71. The number of hydrogen-bond donors (Lipinski definition) is 1. The molecule has 1 aromatic heterocycles. The molecule has 5 nitrogen and oxygen atoms in total. The van der Waals surface area contributed by atoms with Crippen LogP contribution >= 0.6 is 23.4 Å². The molecule has 0 saturated heterocycles. The number of carbonyl (C=O) groups is 1. The van der Waals surface area contributed by atoms with Crippen LogP contribution in [0.15, 0.2) is 29.4 Å². The Morgan fingerprint density at radius 3 is 2.88 bits per heavy atom. The van der Waals surface area contributed by atoms with Gasteiger partial charge in [-0.1, -0.05) is 29.4 Å². The zero-order chi connectivity index (χ0) is 17.7. The molecule has 2 aromatic rings. The number of methoxy groups -OCH3 is 1. The molecule has 0 aliphatic carbocycles. The predicted octanol–water partition coefficient (Wildman–Crippen LogP) is 3.92. The summed E-state index contributed by atoms with van der Waals surface area (Å²) in [6.45, 7) is 7.18. The number of aryl methyl sites for hydroxylation is 1. The van der Waals surface area contributed by atoms with Gasteiger partial charge in [-0.2, -0.15) is 0 Å². The molecule has 24 heavy (non-hydrogen) atoms. The molecule has 0 spiro atoms. The first-order chi connectivity index (χ1) is 11.4. The lowest BCUT2D eigenvalue weighted by molar-refractivity contribution is -0.115. The summed E-state index contributed by atoms with van der Waals surface area (Å²) in [6.07, 6.45) is 0. The number of carbonyl (C=O) groups excluding carboxylic acids is 1. The first-order valence-electron chi connectivity index (χ1n) is 7.68. The number of ether oxygens (including phenoxy) is 1. The molecule has 0 bridgehead atoms. The molecule has 0 saturated carbocycles. The van der Waals surface area contributed by atoms with Gasteiger partial charge in [-0.05, 0) is 39.0 Å². The van der Waals surface area contributed by atoms with Crippen molar-refractivity contribution in [1.82, 2.24) is 9.55 Å². The Morgan fingerprint density at radius 2 is 2.21 bits per heavy atom. The van der Waals surface area contributed by atoms with Gasteiger partial charge in [0, 0.05) is 30.1 Å². The van der Waals surface area contributed by atoms with E-state index in [0.717, 1.165) is 16.5 Å². The van der Waals surface area contributed by atoms with Gasteiger partial charge in [0.05, 0.1) is 17.6 Å². The number of aromatic nitrogens is 2. The van der Waals surface area contributed by atoms with Crippen molar-refractivity contribution in [2.75, 3.05) is 19.0 Å². The second kappa shape index (κ2) is 8.55. The largest absolute Gasteiger partial charge is 0.383 e. The van der Waals surface area contributed by atoms with E-state index < -0.39 is 0 Å². The Labute approximate surface area is 151 Å². The van der Waals surface area contributed by atoms with E-state index in [9.17, 15) is 4.79 Å². The summed E-state index contributed by atoms with van der Waals surface area (Å²) in [5, 5.41) is 4.02. The van der Waals surface area contributed by atoms with Crippen LogP contribution in [0.4, 0.5) is 5.69 Å². The van der Waals surface area contributed by atoms with Gasteiger partial charge >= 0.3 is 0 Å². The molecule has 0 aliphatic heterocycles. The molecule has 0 fully saturated rings. The van der Waals surface area contributed by atoms with Crippen molar-refractivity contribution in [3.63, 3.8) is 0 Å². The fourth-order valence-electron chi connectivity index (χ4n) is 2.18. The summed E-state index contributed by atoms with van der Waals surface area (Å²) in [7, 11) is 1.67. The Hall–Kier alpha value is -1.50. The number of halogens is 1. The lowest BCUT2D eigenvalue weighted by Crippen LogP contribution is -2.23. The zero-order valence-electron chi connectivity index (χ0n) is 14.3. The van der Waals surface area contributed by atoms with E-state index in [-0.39, 0.29) is 11.2 Å². The quantitative estimate of drug-likeness (QED) is 0.753. The van der Waals surface area contributed by atoms with Crippen LogP contribution in [0.25, 0.3) is 0 Å². The highest BCUT2D eigenvalue weighted by Gasteiger charge is 2.19. The molecule has 1 heterocycles. The Bertz CT molecular complexity index is 718. The van der Waals surface area contributed by atoms with Gasteiger partial charge in [-0.15, -0.1) is 0 Å². The van der Waals surface area contributed by atoms with Gasteiger partial charge in [0.2, 0.25) is 5.91 Å². The van der Waals surface area contributed by atoms with Gasteiger partial charge in [0.1, 0.15) is 0 Å². The average molecular weight is 368 g/mol. The highest BCUT2D eigenvalue weighted by Crippen LogP contribution is 2.26. The number of rotatable bonds is 7. The van der Waals surface area contributed by atoms with Crippen molar-refractivity contribution in [2.24, 2.45) is 0 Å². The third kappa shape index (κ3) is 4.75. The lowest BCUT2D eigenvalue weighted by atomic mass is 10.3. The minimum absolute atomic E-state index is 0.0844. The van der Waals surface area contributed by atoms with Crippen molar-refractivity contribution in [3.8, 4) is 0 Å². The van der Waals surface area contributed by atoms with Crippen LogP contribution in [-0.4, -0.2) is 34.4 Å². The number of nitrogens with one attached hydrogen (secondary N) is 1. The van der Waals surface area contributed by atoms with Gasteiger partial charge in [-0.25, -0.2) is 4.98 Å². The van der Waals surface area contributed by atoms with E-state index in [1.165, 1.54) is 11.8 Å². The first kappa shape index (κ1) is 18.8. The van der Waals surface area contributed by atoms with Crippen LogP contribution in [0, 0.1) is 13.8 Å². The van der Waals surface area contributed by atoms with Crippen molar-refractivity contribution in [3.05, 3.63) is 40.7 Å². The summed E-state index contributed by atoms with van der Waals surface area (Å²) in [5.74, 6) is -0.0844. The Balaban J connectivity index is 2.07. The standard InChI is InChI=1S/C17H22ClN3O2S/c1-11-12(2)21(8-9-23-4)17(19-11)24-13(3)16(22)20-15-7-5-6-14(18)10-15/h5-7,10,13H,8-9H2,1-4H3,(H,20,22). The van der Waals surface area contributed by atoms with Gasteiger partial charge in [0.25, 0.3) is 0 Å². The molecule has 1 atom stereocenters. The normalized spacial score (nSPS) is 12.2. The fourth-order valence-corrected chi connectivity index (χ4v) is 3.40. The van der Waals surface area contributed by atoms with E-state index in [1.807, 2.05) is 26.8 Å². The molecule has 0 aliphatic rings. The molecule has 130 valence electrons. The Morgan fingerprint density at radius 1 is 1.46 bits per heavy atom. The van der Waals surface area contributed by atoms with Crippen LogP contribution in [0.3, 0.4) is 0 Å². The smallest absolute Gasteiger partial charge is 0.237 e. The third-order valence-corrected chi connectivity index (χ3v) is 5.01. The third-order valence-electron chi connectivity index (χ3n) is 3.69. The highest BCUT2D eigenvalue weighted by atomic mass is 35.5. The fraction of sp³-hybridized carbons (Fsp3) is 0.412. The molecule has 0 radical (unpaired) electrons. The average Bonchev–Trinajstić information content (AvgIpc) is 2.79. The van der Waals surface area contributed by atoms with E-state index in [2.05, 4.69) is 14.9 Å².